The summed E-state index contributed by atoms with van der Waals surface area (Å²) in [6.45, 7) is 1.85. The third kappa shape index (κ3) is 6.90. The number of aliphatic imine (C=N–C) groups is 1. The Labute approximate surface area is 308 Å². The van der Waals surface area contributed by atoms with E-state index in [1.165, 1.54) is 50.5 Å². The van der Waals surface area contributed by atoms with Crippen molar-refractivity contribution in [3.63, 3.8) is 0 Å². The third-order valence-electron chi connectivity index (χ3n) is 11.4. The van der Waals surface area contributed by atoms with Crippen molar-refractivity contribution in [3.8, 4) is 0 Å². The van der Waals surface area contributed by atoms with Gasteiger partial charge >= 0.3 is 0 Å². The fourth-order valence-electron chi connectivity index (χ4n) is 8.42. The van der Waals surface area contributed by atoms with Crippen LogP contribution in [0.1, 0.15) is 44.2 Å². The van der Waals surface area contributed by atoms with Gasteiger partial charge in [0, 0.05) is 53.1 Å². The summed E-state index contributed by atoms with van der Waals surface area (Å²) in [7, 11) is 0. The SMILES string of the molecule is C1=CCNC(C2=CC=C(C3=CC=C(N(C[C@@H]4C=C(c5ccc6ccccc6n5)C=CC4)C4=CCC(C5=NC6C=CC=CC6C=C5)C=C4)CC3)CC2)=C1. The van der Waals surface area contributed by atoms with Gasteiger partial charge in [-0.25, -0.2) is 4.98 Å². The predicted octanol–water partition coefficient (Wildman–Crippen LogP) is 10.4. The normalized spacial score (nSPS) is 26.2. The summed E-state index contributed by atoms with van der Waals surface area (Å²) in [4.78, 5) is 12.8. The van der Waals surface area contributed by atoms with Gasteiger partial charge in [-0.05, 0) is 103 Å². The van der Waals surface area contributed by atoms with Gasteiger partial charge < -0.3 is 10.2 Å². The number of nitrogens with zero attached hydrogens (tertiary/aromatic N) is 3. The van der Waals surface area contributed by atoms with Crippen LogP contribution in [-0.4, -0.2) is 34.7 Å². The molecule has 9 rings (SSSR count). The van der Waals surface area contributed by atoms with Gasteiger partial charge in [0.25, 0.3) is 0 Å². The Morgan fingerprint density at radius 3 is 2.42 bits per heavy atom. The summed E-state index contributed by atoms with van der Waals surface area (Å²) in [6, 6.07) is 13.0. The molecule has 2 aromatic rings. The van der Waals surface area contributed by atoms with Crippen molar-refractivity contribution in [2.45, 2.75) is 44.6 Å². The molecule has 4 nitrogen and oxygen atoms in total. The summed E-state index contributed by atoms with van der Waals surface area (Å²) in [5.74, 6) is 1.07. The molecule has 52 heavy (non-hydrogen) atoms. The van der Waals surface area contributed by atoms with Gasteiger partial charge in [0.2, 0.25) is 0 Å². The van der Waals surface area contributed by atoms with Crippen molar-refractivity contribution in [3.05, 3.63) is 191 Å². The third-order valence-corrected chi connectivity index (χ3v) is 11.4. The van der Waals surface area contributed by atoms with E-state index in [0.29, 0.717) is 17.8 Å². The largest absolute Gasteiger partial charge is 0.381 e. The lowest BCUT2D eigenvalue weighted by Crippen LogP contribution is -2.30. The Bertz CT molecular complexity index is 2200. The average molecular weight is 679 g/mol. The number of pyridine rings is 1. The molecule has 5 aliphatic carbocycles. The Balaban J connectivity index is 0.972. The molecule has 7 aliphatic rings. The first-order chi connectivity index (χ1) is 25.7. The topological polar surface area (TPSA) is 40.5 Å². The minimum atomic E-state index is 0.227. The molecule has 3 unspecified atom stereocenters. The number of nitrogens with one attached hydrogen (secondary N) is 1. The highest BCUT2D eigenvalue weighted by Gasteiger charge is 2.26. The molecule has 1 N–H and O–H groups in total. The second-order valence-corrected chi connectivity index (χ2v) is 14.7. The highest BCUT2D eigenvalue weighted by atomic mass is 15.1. The first-order valence-electron chi connectivity index (χ1n) is 19.2. The van der Waals surface area contributed by atoms with Crippen LogP contribution in [0.25, 0.3) is 16.5 Å². The maximum Gasteiger partial charge on any atom is 0.0783 e. The molecule has 0 saturated carbocycles. The van der Waals surface area contributed by atoms with Crippen molar-refractivity contribution in [2.24, 2.45) is 22.7 Å². The van der Waals surface area contributed by atoms with E-state index in [-0.39, 0.29) is 6.04 Å². The summed E-state index contributed by atoms with van der Waals surface area (Å²) in [5.41, 5.74) is 12.9. The molecule has 3 heterocycles. The van der Waals surface area contributed by atoms with Crippen LogP contribution in [0.3, 0.4) is 0 Å². The van der Waals surface area contributed by atoms with Crippen molar-refractivity contribution >= 4 is 22.2 Å². The second kappa shape index (κ2) is 14.6. The van der Waals surface area contributed by atoms with Gasteiger partial charge in [-0.15, -0.1) is 0 Å². The number of benzene rings is 1. The molecule has 0 amide bonds. The van der Waals surface area contributed by atoms with E-state index >= 15 is 0 Å². The monoisotopic (exact) mass is 678 g/mol. The van der Waals surface area contributed by atoms with Gasteiger partial charge in [-0.3, -0.25) is 4.99 Å². The number of hydrogen-bond acceptors (Lipinski definition) is 4. The Hall–Kier alpha value is -5.48. The number of allylic oxidation sites excluding steroid dienone is 19. The molecule has 258 valence electrons. The van der Waals surface area contributed by atoms with E-state index in [2.05, 4.69) is 162 Å². The molecular weight excluding hydrogens is 633 g/mol. The zero-order chi connectivity index (χ0) is 34.7. The summed E-state index contributed by atoms with van der Waals surface area (Å²) < 4.78 is 0. The highest BCUT2D eigenvalue weighted by molar-refractivity contribution is 5.99. The average Bonchev–Trinajstić information content (AvgIpc) is 3.23. The molecule has 0 fully saturated rings. The van der Waals surface area contributed by atoms with Crippen molar-refractivity contribution in [1.29, 1.82) is 0 Å². The molecule has 4 atom stereocenters. The van der Waals surface area contributed by atoms with Gasteiger partial charge in [0.1, 0.15) is 0 Å². The molecular formula is C48H46N4. The van der Waals surface area contributed by atoms with Gasteiger partial charge in [0.15, 0.2) is 0 Å². The fourth-order valence-corrected chi connectivity index (χ4v) is 8.42. The van der Waals surface area contributed by atoms with Crippen molar-refractivity contribution in [2.75, 3.05) is 13.1 Å². The van der Waals surface area contributed by atoms with Crippen LogP contribution in [0.15, 0.2) is 191 Å². The summed E-state index contributed by atoms with van der Waals surface area (Å²) >= 11 is 0. The zero-order valence-electron chi connectivity index (χ0n) is 29.7. The van der Waals surface area contributed by atoms with Crippen LogP contribution in [0, 0.1) is 17.8 Å². The van der Waals surface area contributed by atoms with Crippen LogP contribution in [0.2, 0.25) is 0 Å². The molecule has 2 aliphatic heterocycles. The Morgan fingerprint density at radius 1 is 0.731 bits per heavy atom. The van der Waals surface area contributed by atoms with Crippen LogP contribution >= 0.6 is 0 Å². The number of hydrogen-bond donors (Lipinski definition) is 1. The van der Waals surface area contributed by atoms with Crippen molar-refractivity contribution < 1.29 is 0 Å². The quantitative estimate of drug-likeness (QED) is 0.302. The van der Waals surface area contributed by atoms with Crippen LogP contribution in [0.5, 0.6) is 0 Å². The molecule has 0 saturated heterocycles. The van der Waals surface area contributed by atoms with E-state index < -0.39 is 0 Å². The Morgan fingerprint density at radius 2 is 1.60 bits per heavy atom. The molecule has 0 radical (unpaired) electrons. The van der Waals surface area contributed by atoms with Crippen molar-refractivity contribution in [1.82, 2.24) is 15.2 Å². The molecule has 1 aromatic heterocycles. The smallest absolute Gasteiger partial charge is 0.0783 e. The van der Waals surface area contributed by atoms with Gasteiger partial charge in [-0.2, -0.15) is 0 Å². The molecule has 4 heteroatoms. The maximum absolute atomic E-state index is 5.16. The lowest BCUT2D eigenvalue weighted by molar-refractivity contribution is 0.368. The van der Waals surface area contributed by atoms with E-state index in [9.17, 15) is 0 Å². The molecule has 0 spiro atoms. The summed E-state index contributed by atoms with van der Waals surface area (Å²) in [6.07, 6.45) is 49.9. The number of aromatic nitrogens is 1. The minimum absolute atomic E-state index is 0.227. The number of dihydropyridines is 2. The van der Waals surface area contributed by atoms with E-state index in [1.54, 1.807) is 0 Å². The number of fused-ring (bicyclic) bond motifs is 2. The lowest BCUT2D eigenvalue weighted by atomic mass is 9.86. The zero-order valence-corrected chi connectivity index (χ0v) is 29.7. The Kier molecular flexibility index (Phi) is 9.13. The van der Waals surface area contributed by atoms with E-state index in [4.69, 9.17) is 9.98 Å². The van der Waals surface area contributed by atoms with Crippen LogP contribution in [-0.2, 0) is 0 Å². The number of rotatable bonds is 8. The van der Waals surface area contributed by atoms with Crippen LogP contribution < -0.4 is 5.32 Å². The second-order valence-electron chi connectivity index (χ2n) is 14.7. The number of para-hydroxylation sites is 1. The van der Waals surface area contributed by atoms with Crippen LogP contribution in [0.4, 0.5) is 0 Å². The highest BCUT2D eigenvalue weighted by Crippen LogP contribution is 2.37. The minimum Gasteiger partial charge on any atom is -0.381 e. The first-order valence-corrected chi connectivity index (χ1v) is 19.2. The summed E-state index contributed by atoms with van der Waals surface area (Å²) in [5, 5.41) is 4.71. The molecule has 1 aromatic carbocycles. The lowest BCUT2D eigenvalue weighted by Gasteiger charge is -2.35. The van der Waals surface area contributed by atoms with E-state index in [1.807, 2.05) is 0 Å². The first kappa shape index (κ1) is 32.4. The molecule has 0 bridgehead atoms. The van der Waals surface area contributed by atoms with E-state index in [0.717, 1.165) is 62.8 Å². The van der Waals surface area contributed by atoms with Gasteiger partial charge in [-0.1, -0.05) is 115 Å². The fraction of sp³-hybridized carbons (Fsp3) is 0.250. The maximum atomic E-state index is 5.16. The predicted molar refractivity (Wildman–Crippen MR) is 217 cm³/mol. The standard InChI is InChI=1S/C48H46N4/c1-3-13-45-37(9-1)23-29-47(50-45)40-21-27-43(28-22-40)52(33-34-8-7-11-41(32-34)48-30-24-38-10-2-4-14-46(38)51-48)42-25-19-36(20-26-42)35-15-17-39(18-16-35)44-12-5-6-31-49-44/h1-7,9-15,17,19,21,23-25,27-30,32,34,37,40,45,49H,8,16,18,20,22,26,31,33H2/t34-,37?,40?,45?/m0/s1. The van der Waals surface area contributed by atoms with Gasteiger partial charge in [0.05, 0.1) is 17.3 Å².